The molecule has 0 spiro atoms. The summed E-state index contributed by atoms with van der Waals surface area (Å²) in [7, 11) is 2.98. The lowest BCUT2D eigenvalue weighted by Crippen LogP contribution is -2.01. The summed E-state index contributed by atoms with van der Waals surface area (Å²) in [6.45, 7) is 3.47. The van der Waals surface area contributed by atoms with Crippen LogP contribution in [0.3, 0.4) is 0 Å². The second kappa shape index (κ2) is 4.50. The van der Waals surface area contributed by atoms with E-state index in [-0.39, 0.29) is 5.57 Å². The molecule has 80 valence electrons. The first-order chi connectivity index (χ1) is 7.10. The van der Waals surface area contributed by atoms with Crippen molar-refractivity contribution in [3.05, 3.63) is 30.3 Å². The molecule has 4 heteroatoms. The number of hydrogen-bond acceptors (Lipinski definition) is 3. The summed E-state index contributed by atoms with van der Waals surface area (Å²) in [4.78, 5) is 10.8. The van der Waals surface area contributed by atoms with Gasteiger partial charge in [0.15, 0.2) is 0 Å². The van der Waals surface area contributed by atoms with Gasteiger partial charge in [0.05, 0.1) is 19.8 Å². The molecule has 15 heavy (non-hydrogen) atoms. The fraction of sp³-hybridized carbons (Fsp3) is 0.182. The third kappa shape index (κ3) is 2.28. The van der Waals surface area contributed by atoms with Gasteiger partial charge < -0.3 is 14.6 Å². The number of carbonyl (C=O) groups is 1. The van der Waals surface area contributed by atoms with Gasteiger partial charge in [-0.2, -0.15) is 0 Å². The Bertz CT molecular complexity index is 396. The van der Waals surface area contributed by atoms with Crippen molar-refractivity contribution in [2.45, 2.75) is 0 Å². The van der Waals surface area contributed by atoms with E-state index in [0.717, 1.165) is 0 Å². The fourth-order valence-electron chi connectivity index (χ4n) is 1.17. The van der Waals surface area contributed by atoms with Crippen LogP contribution in [0.2, 0.25) is 0 Å². The molecule has 0 saturated carbocycles. The van der Waals surface area contributed by atoms with Gasteiger partial charge in [0, 0.05) is 5.56 Å². The third-order valence-corrected chi connectivity index (χ3v) is 1.99. The third-order valence-electron chi connectivity index (χ3n) is 1.99. The summed E-state index contributed by atoms with van der Waals surface area (Å²) in [6, 6.07) is 4.91. The van der Waals surface area contributed by atoms with Gasteiger partial charge in [-0.1, -0.05) is 6.58 Å². The van der Waals surface area contributed by atoms with Crippen molar-refractivity contribution in [2.24, 2.45) is 0 Å². The molecular weight excluding hydrogens is 196 g/mol. The van der Waals surface area contributed by atoms with Crippen LogP contribution in [0, 0.1) is 0 Å². The summed E-state index contributed by atoms with van der Waals surface area (Å²) in [6.07, 6.45) is 0. The Morgan fingerprint density at radius 3 is 2.47 bits per heavy atom. The fourth-order valence-corrected chi connectivity index (χ4v) is 1.17. The molecule has 1 aromatic rings. The first-order valence-corrected chi connectivity index (χ1v) is 4.24. The topological polar surface area (TPSA) is 55.8 Å². The normalized spacial score (nSPS) is 9.47. The van der Waals surface area contributed by atoms with Gasteiger partial charge >= 0.3 is 5.97 Å². The number of benzene rings is 1. The van der Waals surface area contributed by atoms with E-state index >= 15 is 0 Å². The second-order valence-electron chi connectivity index (χ2n) is 2.85. The summed E-state index contributed by atoms with van der Waals surface area (Å²) < 4.78 is 10.0. The van der Waals surface area contributed by atoms with E-state index in [4.69, 9.17) is 14.6 Å². The minimum Gasteiger partial charge on any atom is -0.497 e. The number of methoxy groups -OCH3 is 2. The van der Waals surface area contributed by atoms with Crippen molar-refractivity contribution in [3.63, 3.8) is 0 Å². The van der Waals surface area contributed by atoms with Crippen LogP contribution in [0.4, 0.5) is 0 Å². The van der Waals surface area contributed by atoms with Gasteiger partial charge in [-0.25, -0.2) is 4.79 Å². The Kier molecular flexibility index (Phi) is 3.33. The molecule has 0 aliphatic rings. The van der Waals surface area contributed by atoms with Crippen molar-refractivity contribution in [2.75, 3.05) is 14.2 Å². The van der Waals surface area contributed by atoms with Crippen LogP contribution >= 0.6 is 0 Å². The minimum absolute atomic E-state index is 0.0225. The molecule has 0 aromatic heterocycles. The van der Waals surface area contributed by atoms with Crippen LogP contribution in [0.15, 0.2) is 24.8 Å². The predicted octanol–water partition coefficient (Wildman–Crippen LogP) is 1.80. The molecule has 0 amide bonds. The standard InChI is InChI=1S/C11H12O4/c1-7(11(12)13)9-6-8(14-2)4-5-10(9)15-3/h4-6H,1H2,2-3H3,(H,12,13). The summed E-state index contributed by atoms with van der Waals surface area (Å²) in [5.74, 6) is -0.0575. The molecule has 0 saturated heterocycles. The number of ether oxygens (including phenoxy) is 2. The van der Waals surface area contributed by atoms with Crippen LogP contribution in [0.1, 0.15) is 5.56 Å². The Morgan fingerprint density at radius 1 is 1.33 bits per heavy atom. The molecule has 0 heterocycles. The Morgan fingerprint density at radius 2 is 2.00 bits per heavy atom. The van der Waals surface area contributed by atoms with Crippen molar-refractivity contribution in [3.8, 4) is 11.5 Å². The monoisotopic (exact) mass is 208 g/mol. The highest BCUT2D eigenvalue weighted by atomic mass is 16.5. The van der Waals surface area contributed by atoms with Crippen LogP contribution in [0.5, 0.6) is 11.5 Å². The molecule has 4 nitrogen and oxygen atoms in total. The van der Waals surface area contributed by atoms with Gasteiger partial charge in [-0.3, -0.25) is 0 Å². The van der Waals surface area contributed by atoms with Crippen LogP contribution in [-0.4, -0.2) is 25.3 Å². The Balaban J connectivity index is 3.23. The Labute approximate surface area is 87.7 Å². The van der Waals surface area contributed by atoms with E-state index in [9.17, 15) is 4.79 Å². The molecule has 0 aliphatic heterocycles. The predicted molar refractivity (Wildman–Crippen MR) is 56.2 cm³/mol. The van der Waals surface area contributed by atoms with Gasteiger partial charge in [0.1, 0.15) is 11.5 Å². The van der Waals surface area contributed by atoms with E-state index in [0.29, 0.717) is 17.1 Å². The highest BCUT2D eigenvalue weighted by Gasteiger charge is 2.13. The number of carboxylic acid groups (broad SMARTS) is 1. The van der Waals surface area contributed by atoms with Crippen molar-refractivity contribution in [1.82, 2.24) is 0 Å². The Hall–Kier alpha value is -1.97. The molecule has 1 N–H and O–H groups in total. The zero-order valence-electron chi connectivity index (χ0n) is 8.61. The average Bonchev–Trinajstić information content (AvgIpc) is 2.27. The van der Waals surface area contributed by atoms with E-state index in [1.807, 2.05) is 0 Å². The summed E-state index contributed by atoms with van der Waals surface area (Å²) in [5.41, 5.74) is 0.398. The minimum atomic E-state index is -1.08. The summed E-state index contributed by atoms with van der Waals surface area (Å²) in [5, 5.41) is 8.82. The van der Waals surface area contributed by atoms with E-state index < -0.39 is 5.97 Å². The average molecular weight is 208 g/mol. The molecule has 0 atom stereocenters. The molecule has 1 rings (SSSR count). The zero-order valence-corrected chi connectivity index (χ0v) is 8.61. The molecular formula is C11H12O4. The van der Waals surface area contributed by atoms with Crippen molar-refractivity contribution >= 4 is 11.5 Å². The van der Waals surface area contributed by atoms with Gasteiger partial charge in [0.25, 0.3) is 0 Å². The number of aliphatic carboxylic acids is 1. The number of hydrogen-bond donors (Lipinski definition) is 1. The lowest BCUT2D eigenvalue weighted by molar-refractivity contribution is -0.130. The zero-order chi connectivity index (χ0) is 11.4. The van der Waals surface area contributed by atoms with E-state index in [1.54, 1.807) is 18.2 Å². The SMILES string of the molecule is C=C(C(=O)O)c1cc(OC)ccc1OC. The summed E-state index contributed by atoms with van der Waals surface area (Å²) >= 11 is 0. The highest BCUT2D eigenvalue weighted by molar-refractivity contribution is 6.15. The molecule has 0 unspecified atom stereocenters. The van der Waals surface area contributed by atoms with Gasteiger partial charge in [-0.15, -0.1) is 0 Å². The van der Waals surface area contributed by atoms with Crippen LogP contribution in [-0.2, 0) is 4.79 Å². The molecule has 1 aromatic carbocycles. The van der Waals surface area contributed by atoms with Crippen molar-refractivity contribution < 1.29 is 19.4 Å². The highest BCUT2D eigenvalue weighted by Crippen LogP contribution is 2.29. The van der Waals surface area contributed by atoms with Crippen molar-refractivity contribution in [1.29, 1.82) is 0 Å². The largest absolute Gasteiger partial charge is 0.497 e. The first-order valence-electron chi connectivity index (χ1n) is 4.24. The van der Waals surface area contributed by atoms with Crippen LogP contribution < -0.4 is 9.47 Å². The number of rotatable bonds is 4. The smallest absolute Gasteiger partial charge is 0.335 e. The maximum Gasteiger partial charge on any atom is 0.335 e. The molecule has 0 radical (unpaired) electrons. The van der Waals surface area contributed by atoms with E-state index in [1.165, 1.54) is 14.2 Å². The van der Waals surface area contributed by atoms with E-state index in [2.05, 4.69) is 6.58 Å². The lowest BCUT2D eigenvalue weighted by atomic mass is 10.1. The quantitative estimate of drug-likeness (QED) is 0.766. The molecule has 0 bridgehead atoms. The van der Waals surface area contributed by atoms with Gasteiger partial charge in [0.2, 0.25) is 0 Å². The maximum atomic E-state index is 10.8. The van der Waals surface area contributed by atoms with Gasteiger partial charge in [-0.05, 0) is 18.2 Å². The molecule has 0 aliphatic carbocycles. The first kappa shape index (κ1) is 11.1. The van der Waals surface area contributed by atoms with Crippen LogP contribution in [0.25, 0.3) is 5.57 Å². The number of carboxylic acids is 1. The maximum absolute atomic E-state index is 10.8. The lowest BCUT2D eigenvalue weighted by Gasteiger charge is -2.09. The molecule has 0 fully saturated rings. The second-order valence-corrected chi connectivity index (χ2v) is 2.85.